The van der Waals surface area contributed by atoms with Gasteiger partial charge in [-0.05, 0) is 31.2 Å². The molecular formula is C25H20O7. The summed E-state index contributed by atoms with van der Waals surface area (Å²) in [6, 6.07) is 26.8. The van der Waals surface area contributed by atoms with Gasteiger partial charge in [0.05, 0.1) is 11.1 Å². The van der Waals surface area contributed by atoms with E-state index in [0.717, 1.165) is 12.2 Å². The Kier molecular flexibility index (Phi) is 9.59. The molecule has 1 heterocycles. The number of aryl methyl sites for hydroxylation is 1. The van der Waals surface area contributed by atoms with Gasteiger partial charge >= 0.3 is 23.9 Å². The van der Waals surface area contributed by atoms with Gasteiger partial charge in [0.2, 0.25) is 0 Å². The van der Waals surface area contributed by atoms with Crippen molar-refractivity contribution < 1.29 is 33.7 Å². The molecule has 7 heteroatoms. The minimum Gasteiger partial charge on any atom is -0.387 e. The molecule has 0 aromatic heterocycles. The predicted molar refractivity (Wildman–Crippen MR) is 115 cm³/mol. The molecule has 1 aliphatic heterocycles. The summed E-state index contributed by atoms with van der Waals surface area (Å²) in [7, 11) is 0. The second kappa shape index (κ2) is 12.9. The predicted octanol–water partition coefficient (Wildman–Crippen LogP) is 4.24. The third kappa shape index (κ3) is 8.87. The Morgan fingerprint density at radius 1 is 0.594 bits per heavy atom. The van der Waals surface area contributed by atoms with Crippen molar-refractivity contribution >= 4 is 23.9 Å². The maximum absolute atomic E-state index is 11.5. The molecule has 32 heavy (non-hydrogen) atoms. The number of benzene rings is 3. The van der Waals surface area contributed by atoms with Crippen molar-refractivity contribution in [2.24, 2.45) is 0 Å². The standard InChI is InChI=1S/C14H10O4.C7H8.C4H2O3/c15-13(11-7-3-1-4-8-11)17-18-14(16)12-9-5-2-6-10-12;1-7-5-3-2-4-6-7;5-3-1-2-4(6)7-3/h1-10H;2-6H,1H3;1-2H. The number of hydrogen-bond donors (Lipinski definition) is 0. The van der Waals surface area contributed by atoms with Crippen LogP contribution in [0.25, 0.3) is 0 Å². The highest BCUT2D eigenvalue weighted by molar-refractivity contribution is 6.04. The van der Waals surface area contributed by atoms with Gasteiger partial charge in [-0.2, -0.15) is 0 Å². The molecule has 0 N–H and O–H groups in total. The van der Waals surface area contributed by atoms with Gasteiger partial charge < -0.3 is 4.74 Å². The highest BCUT2D eigenvalue weighted by Gasteiger charge is 2.13. The molecule has 0 aliphatic carbocycles. The largest absolute Gasteiger partial charge is 0.387 e. The third-order valence-corrected chi connectivity index (χ3v) is 3.71. The number of carbonyl (C=O) groups excluding carboxylic acids is 4. The van der Waals surface area contributed by atoms with E-state index in [1.165, 1.54) is 5.56 Å². The summed E-state index contributed by atoms with van der Waals surface area (Å²) in [5, 5.41) is 0. The van der Waals surface area contributed by atoms with Gasteiger partial charge in [-0.3, -0.25) is 0 Å². The maximum Gasteiger partial charge on any atom is 0.386 e. The molecule has 0 bridgehead atoms. The Balaban J connectivity index is 0.000000211. The number of carbonyl (C=O) groups is 4. The van der Waals surface area contributed by atoms with E-state index in [1.807, 2.05) is 18.2 Å². The Bertz CT molecular complexity index is 992. The van der Waals surface area contributed by atoms with Crippen molar-refractivity contribution in [3.8, 4) is 0 Å². The second-order valence-corrected chi connectivity index (χ2v) is 6.20. The van der Waals surface area contributed by atoms with E-state index in [4.69, 9.17) is 0 Å². The average Bonchev–Trinajstić information content (AvgIpc) is 3.22. The van der Waals surface area contributed by atoms with E-state index in [2.05, 4.69) is 33.6 Å². The zero-order valence-electron chi connectivity index (χ0n) is 17.2. The summed E-state index contributed by atoms with van der Waals surface area (Å²) in [4.78, 5) is 51.7. The Morgan fingerprint density at radius 3 is 1.19 bits per heavy atom. The zero-order chi connectivity index (χ0) is 23.2. The first-order valence-corrected chi connectivity index (χ1v) is 9.44. The lowest BCUT2D eigenvalue weighted by molar-refractivity contribution is -0.187. The minimum atomic E-state index is -0.708. The zero-order valence-corrected chi connectivity index (χ0v) is 17.2. The van der Waals surface area contributed by atoms with Gasteiger partial charge in [0.15, 0.2) is 0 Å². The van der Waals surface area contributed by atoms with Crippen LogP contribution in [0.4, 0.5) is 0 Å². The average molecular weight is 432 g/mol. The van der Waals surface area contributed by atoms with Crippen LogP contribution in [0.15, 0.2) is 103 Å². The molecule has 3 aromatic rings. The number of hydrogen-bond acceptors (Lipinski definition) is 7. The molecule has 0 spiro atoms. The van der Waals surface area contributed by atoms with Crippen molar-refractivity contribution in [2.45, 2.75) is 6.92 Å². The number of ether oxygens (including phenoxy) is 1. The van der Waals surface area contributed by atoms with Gasteiger partial charge in [0, 0.05) is 12.2 Å². The molecule has 0 saturated heterocycles. The second-order valence-electron chi connectivity index (χ2n) is 6.20. The lowest BCUT2D eigenvalue weighted by Crippen LogP contribution is -2.11. The van der Waals surface area contributed by atoms with Gasteiger partial charge in [-0.1, -0.05) is 72.3 Å². The number of esters is 2. The summed E-state index contributed by atoms with van der Waals surface area (Å²) in [5.41, 5.74) is 1.96. The van der Waals surface area contributed by atoms with E-state index in [-0.39, 0.29) is 0 Å². The fourth-order valence-electron chi connectivity index (χ4n) is 2.16. The summed E-state index contributed by atoms with van der Waals surface area (Å²) >= 11 is 0. The maximum atomic E-state index is 11.5. The molecule has 1 aliphatic rings. The van der Waals surface area contributed by atoms with Crippen molar-refractivity contribution in [3.05, 3.63) is 120 Å². The Labute approximate surface area is 184 Å². The summed E-state index contributed by atoms with van der Waals surface area (Å²) in [6.45, 7) is 2.08. The molecule has 0 radical (unpaired) electrons. The van der Waals surface area contributed by atoms with Crippen molar-refractivity contribution in [3.63, 3.8) is 0 Å². The Hall–Kier alpha value is -4.52. The molecule has 162 valence electrons. The quantitative estimate of drug-likeness (QED) is 0.259. The van der Waals surface area contributed by atoms with Crippen LogP contribution in [-0.2, 0) is 24.1 Å². The first-order valence-electron chi connectivity index (χ1n) is 9.44. The lowest BCUT2D eigenvalue weighted by Gasteiger charge is -2.02. The molecule has 3 aromatic carbocycles. The normalized spacial score (nSPS) is 11.2. The molecule has 0 fully saturated rings. The van der Waals surface area contributed by atoms with E-state index < -0.39 is 23.9 Å². The first kappa shape index (κ1) is 23.8. The topological polar surface area (TPSA) is 96.0 Å². The fourth-order valence-corrected chi connectivity index (χ4v) is 2.16. The molecule has 7 nitrogen and oxygen atoms in total. The Morgan fingerprint density at radius 2 is 0.938 bits per heavy atom. The van der Waals surface area contributed by atoms with Gasteiger partial charge in [0.1, 0.15) is 0 Å². The van der Waals surface area contributed by atoms with E-state index >= 15 is 0 Å². The monoisotopic (exact) mass is 432 g/mol. The van der Waals surface area contributed by atoms with Gasteiger partial charge in [0.25, 0.3) is 0 Å². The molecular weight excluding hydrogens is 412 g/mol. The molecule has 4 rings (SSSR count). The van der Waals surface area contributed by atoms with Crippen LogP contribution in [0.3, 0.4) is 0 Å². The van der Waals surface area contributed by atoms with Crippen molar-refractivity contribution in [1.82, 2.24) is 0 Å². The lowest BCUT2D eigenvalue weighted by atomic mass is 10.2. The summed E-state index contributed by atoms with van der Waals surface area (Å²) in [6.07, 6.45) is 2.17. The molecule has 0 unspecified atom stereocenters. The number of rotatable bonds is 2. The van der Waals surface area contributed by atoms with Crippen molar-refractivity contribution in [1.29, 1.82) is 0 Å². The summed E-state index contributed by atoms with van der Waals surface area (Å²) in [5.74, 6) is -2.57. The highest BCUT2D eigenvalue weighted by atomic mass is 17.2. The van der Waals surface area contributed by atoms with E-state index in [0.29, 0.717) is 11.1 Å². The van der Waals surface area contributed by atoms with E-state index in [9.17, 15) is 19.2 Å². The van der Waals surface area contributed by atoms with Crippen LogP contribution in [0, 0.1) is 6.92 Å². The van der Waals surface area contributed by atoms with Crippen LogP contribution in [0.5, 0.6) is 0 Å². The van der Waals surface area contributed by atoms with E-state index in [1.54, 1.807) is 60.7 Å². The third-order valence-electron chi connectivity index (χ3n) is 3.71. The highest BCUT2D eigenvalue weighted by Crippen LogP contribution is 2.05. The summed E-state index contributed by atoms with van der Waals surface area (Å²) < 4.78 is 3.97. The smallest absolute Gasteiger partial charge is 0.386 e. The van der Waals surface area contributed by atoms with Gasteiger partial charge in [-0.25, -0.2) is 29.0 Å². The first-order chi connectivity index (χ1) is 15.5. The fraction of sp³-hybridized carbons (Fsp3) is 0.0400. The van der Waals surface area contributed by atoms with Crippen LogP contribution in [0.1, 0.15) is 26.3 Å². The van der Waals surface area contributed by atoms with Crippen LogP contribution in [-0.4, -0.2) is 23.9 Å². The van der Waals surface area contributed by atoms with Crippen molar-refractivity contribution in [2.75, 3.05) is 0 Å². The van der Waals surface area contributed by atoms with Gasteiger partial charge in [-0.15, -0.1) is 0 Å². The van der Waals surface area contributed by atoms with Crippen LogP contribution < -0.4 is 0 Å². The molecule has 0 saturated carbocycles. The SMILES string of the molecule is Cc1ccccc1.O=C(OOC(=O)c1ccccc1)c1ccccc1.O=C1C=CC(=O)O1. The van der Waals surface area contributed by atoms with Crippen LogP contribution in [0.2, 0.25) is 0 Å². The molecule has 0 atom stereocenters. The number of cyclic esters (lactones) is 2. The van der Waals surface area contributed by atoms with Crippen LogP contribution >= 0.6 is 0 Å². The molecule has 0 amide bonds. The minimum absolute atomic E-state index is 0.318.